The Kier molecular flexibility index (Phi) is 13.3. The van der Waals surface area contributed by atoms with Crippen LogP contribution in [0, 0.1) is 12.3 Å². The number of rotatable bonds is 11. The molecule has 0 saturated carbocycles. The first-order chi connectivity index (χ1) is 20.6. The minimum Gasteiger partial charge on any atom is -0.480 e. The lowest BCUT2D eigenvalue weighted by Gasteiger charge is -2.33. The number of hydrogen-bond acceptors (Lipinski definition) is 9. The molecule has 0 amide bonds. The molecule has 0 aliphatic carbocycles. The molecule has 1 aliphatic rings. The second kappa shape index (κ2) is 17.2. The molecular weight excluding hydrogens is 550 g/mol. The molecule has 43 heavy (non-hydrogen) atoms. The van der Waals surface area contributed by atoms with Crippen molar-refractivity contribution in [2.24, 2.45) is 5.11 Å². The molecule has 0 radical (unpaired) electrons. The summed E-state index contributed by atoms with van der Waals surface area (Å²) in [4.78, 5) is 43.7. The van der Waals surface area contributed by atoms with E-state index in [2.05, 4.69) is 44.6 Å². The van der Waals surface area contributed by atoms with Crippen LogP contribution in [0.25, 0.3) is 10.4 Å². The third-order valence-corrected chi connectivity index (χ3v) is 7.29. The monoisotopic (exact) mass is 591 g/mol. The first kappa shape index (κ1) is 33.5. The van der Waals surface area contributed by atoms with Crippen LogP contribution in [-0.2, 0) is 29.2 Å². The van der Waals surface area contributed by atoms with Crippen molar-refractivity contribution in [2.75, 3.05) is 65.4 Å². The molecular formula is C30H41N9O4. The zero-order valence-electron chi connectivity index (χ0n) is 25.0. The van der Waals surface area contributed by atoms with Crippen LogP contribution in [0.5, 0.6) is 0 Å². The van der Waals surface area contributed by atoms with E-state index in [0.29, 0.717) is 76.8 Å². The van der Waals surface area contributed by atoms with E-state index in [4.69, 9.17) is 16.9 Å². The van der Waals surface area contributed by atoms with Crippen LogP contribution in [0.1, 0.15) is 48.1 Å². The fraction of sp³-hybridized carbons (Fsp3) is 0.533. The zero-order valence-corrected chi connectivity index (χ0v) is 25.0. The number of aliphatic carboxylic acids is 2. The van der Waals surface area contributed by atoms with Crippen LogP contribution in [-0.4, -0.2) is 117 Å². The number of nitrogens with zero attached hydrogens (tertiary/aromatic N) is 9. The number of terminal acetylenes is 1. The predicted octanol–water partition coefficient (Wildman–Crippen LogP) is 2.48. The smallest absolute Gasteiger partial charge is 0.317 e. The molecule has 1 saturated heterocycles. The van der Waals surface area contributed by atoms with Crippen LogP contribution < -0.4 is 0 Å². The van der Waals surface area contributed by atoms with Crippen molar-refractivity contribution in [2.45, 2.75) is 39.4 Å². The van der Waals surface area contributed by atoms with E-state index >= 15 is 0 Å². The van der Waals surface area contributed by atoms with Gasteiger partial charge in [-0.1, -0.05) is 30.9 Å². The molecule has 2 aromatic heterocycles. The Morgan fingerprint density at radius 3 is 1.88 bits per heavy atom. The van der Waals surface area contributed by atoms with Crippen LogP contribution >= 0.6 is 0 Å². The normalized spacial score (nSPS) is 16.5. The molecule has 2 aromatic rings. The summed E-state index contributed by atoms with van der Waals surface area (Å²) < 4.78 is 0. The summed E-state index contributed by atoms with van der Waals surface area (Å²) in [5.74, 6) is 1.02. The molecule has 1 fully saturated rings. The third-order valence-electron chi connectivity index (χ3n) is 7.29. The van der Waals surface area contributed by atoms with E-state index in [1.54, 1.807) is 6.07 Å². The van der Waals surface area contributed by atoms with Crippen molar-refractivity contribution in [1.29, 1.82) is 0 Å². The second-order valence-corrected chi connectivity index (χ2v) is 11.0. The summed E-state index contributed by atoms with van der Waals surface area (Å²) in [6.07, 6.45) is 5.53. The van der Waals surface area contributed by atoms with Gasteiger partial charge in [-0.25, -0.2) is 4.98 Å². The van der Waals surface area contributed by atoms with Gasteiger partial charge in [0.15, 0.2) is 0 Å². The standard InChI is InChI=1S/C30H41N9O4/c1-4-25-6-5-7-26(33-25)19-36-8-12-38(21-29(40)41)14-10-37(11-15-39(13-9-36)22-30(42)43)20-28-17-24(23(2)3)16-27(34-28)18-32-35-31/h1,5-7,16-17,23H,8-15,18-22H2,2-3H3,(H,40,41)(H,42,43). The number of azide groups is 1. The largest absolute Gasteiger partial charge is 0.480 e. The van der Waals surface area contributed by atoms with Crippen molar-refractivity contribution in [3.05, 3.63) is 69.1 Å². The van der Waals surface area contributed by atoms with E-state index in [1.165, 1.54) is 0 Å². The first-order valence-corrected chi connectivity index (χ1v) is 14.4. The maximum Gasteiger partial charge on any atom is 0.317 e. The fourth-order valence-electron chi connectivity index (χ4n) is 4.97. The molecule has 13 nitrogen and oxygen atoms in total. The summed E-state index contributed by atoms with van der Waals surface area (Å²) in [5, 5.41) is 22.9. The van der Waals surface area contributed by atoms with E-state index in [-0.39, 0.29) is 25.6 Å². The Labute approximate surface area is 252 Å². The van der Waals surface area contributed by atoms with Gasteiger partial charge in [0, 0.05) is 76.1 Å². The van der Waals surface area contributed by atoms with Crippen molar-refractivity contribution < 1.29 is 19.8 Å². The highest BCUT2D eigenvalue weighted by Crippen LogP contribution is 2.18. The highest BCUT2D eigenvalue weighted by atomic mass is 16.4. The fourth-order valence-corrected chi connectivity index (χ4v) is 4.97. The molecule has 13 heteroatoms. The number of pyridine rings is 2. The average Bonchev–Trinajstić information content (AvgIpc) is 2.96. The van der Waals surface area contributed by atoms with Gasteiger partial charge in [0.2, 0.25) is 0 Å². The van der Waals surface area contributed by atoms with Crippen molar-refractivity contribution in [3.63, 3.8) is 0 Å². The summed E-state index contributed by atoms with van der Waals surface area (Å²) in [7, 11) is 0. The average molecular weight is 592 g/mol. The van der Waals surface area contributed by atoms with Crippen LogP contribution in [0.15, 0.2) is 35.4 Å². The van der Waals surface area contributed by atoms with E-state index in [0.717, 1.165) is 17.0 Å². The SMILES string of the molecule is C#Cc1cccc(CN2CCN(CC(=O)O)CCN(Cc3cc(C(C)C)cc(CN=[N+]=[N-])n3)CCN(CC(=O)O)CC2)n1. The van der Waals surface area contributed by atoms with E-state index < -0.39 is 11.9 Å². The number of carboxylic acid groups (broad SMARTS) is 2. The number of aromatic nitrogens is 2. The first-order valence-electron chi connectivity index (χ1n) is 14.4. The Hall–Kier alpha value is -4.05. The summed E-state index contributed by atoms with van der Waals surface area (Å²) in [6, 6.07) is 9.53. The van der Waals surface area contributed by atoms with Gasteiger partial charge in [0.25, 0.3) is 0 Å². The van der Waals surface area contributed by atoms with Gasteiger partial charge in [0.05, 0.1) is 31.0 Å². The highest BCUT2D eigenvalue weighted by Gasteiger charge is 2.20. The van der Waals surface area contributed by atoms with Gasteiger partial charge >= 0.3 is 11.9 Å². The quantitative estimate of drug-likeness (QED) is 0.172. The van der Waals surface area contributed by atoms with Crippen LogP contribution in [0.3, 0.4) is 0 Å². The van der Waals surface area contributed by atoms with Crippen LogP contribution in [0.4, 0.5) is 0 Å². The molecule has 0 bridgehead atoms. The van der Waals surface area contributed by atoms with Crippen molar-refractivity contribution in [1.82, 2.24) is 29.6 Å². The number of carbonyl (C=O) groups is 2. The highest BCUT2D eigenvalue weighted by molar-refractivity contribution is 5.69. The molecule has 3 rings (SSSR count). The molecule has 0 unspecified atom stereocenters. The molecule has 0 atom stereocenters. The maximum absolute atomic E-state index is 11.7. The maximum atomic E-state index is 11.7. The van der Waals surface area contributed by atoms with Gasteiger partial charge in [-0.3, -0.25) is 34.2 Å². The Bertz CT molecular complexity index is 1290. The minimum absolute atomic E-state index is 0.0882. The molecule has 0 spiro atoms. The number of carboxylic acids is 2. The van der Waals surface area contributed by atoms with Gasteiger partial charge in [0.1, 0.15) is 5.69 Å². The third kappa shape index (κ3) is 12.0. The van der Waals surface area contributed by atoms with Gasteiger partial charge in [-0.15, -0.1) is 6.42 Å². The van der Waals surface area contributed by atoms with E-state index in [9.17, 15) is 19.8 Å². The lowest BCUT2D eigenvalue weighted by molar-refractivity contribution is -0.139. The number of hydrogen-bond donors (Lipinski definition) is 2. The summed E-state index contributed by atoms with van der Waals surface area (Å²) in [5.41, 5.74) is 12.7. The lowest BCUT2D eigenvalue weighted by Crippen LogP contribution is -2.47. The summed E-state index contributed by atoms with van der Waals surface area (Å²) in [6.45, 7) is 9.53. The Morgan fingerprint density at radius 1 is 0.884 bits per heavy atom. The van der Waals surface area contributed by atoms with Crippen LogP contribution in [0.2, 0.25) is 0 Å². The van der Waals surface area contributed by atoms with Crippen molar-refractivity contribution >= 4 is 11.9 Å². The topological polar surface area (TPSA) is 162 Å². The Morgan fingerprint density at radius 2 is 1.40 bits per heavy atom. The van der Waals surface area contributed by atoms with E-state index in [1.807, 2.05) is 34.1 Å². The van der Waals surface area contributed by atoms with Gasteiger partial charge < -0.3 is 10.2 Å². The Balaban J connectivity index is 1.83. The summed E-state index contributed by atoms with van der Waals surface area (Å²) >= 11 is 0. The molecule has 230 valence electrons. The van der Waals surface area contributed by atoms with Gasteiger partial charge in [-0.2, -0.15) is 0 Å². The molecule has 1 aliphatic heterocycles. The lowest BCUT2D eigenvalue weighted by atomic mass is 10.0. The molecule has 2 N–H and O–H groups in total. The zero-order chi connectivity index (χ0) is 31.2. The molecule has 0 aromatic carbocycles. The molecule has 3 heterocycles. The van der Waals surface area contributed by atoms with Crippen molar-refractivity contribution in [3.8, 4) is 12.3 Å². The second-order valence-electron chi connectivity index (χ2n) is 11.0. The van der Waals surface area contributed by atoms with Gasteiger partial charge in [-0.05, 0) is 41.3 Å². The predicted molar refractivity (Wildman–Crippen MR) is 162 cm³/mol. The minimum atomic E-state index is -0.893.